The summed E-state index contributed by atoms with van der Waals surface area (Å²) in [5.41, 5.74) is 0. The lowest BCUT2D eigenvalue weighted by Gasteiger charge is -2.22. The summed E-state index contributed by atoms with van der Waals surface area (Å²) < 4.78 is 4.60. The Hall–Kier alpha value is -0.520. The summed E-state index contributed by atoms with van der Waals surface area (Å²) >= 11 is 3.58. The second-order valence-electron chi connectivity index (χ2n) is 3.31. The summed E-state index contributed by atoms with van der Waals surface area (Å²) in [6.45, 7) is 4.78. The Kier molecular flexibility index (Phi) is 6.63. The molecule has 0 aliphatic rings. The first-order chi connectivity index (χ1) is 6.96. The summed E-state index contributed by atoms with van der Waals surface area (Å²) in [6, 6.07) is 0. The second-order valence-corrected chi connectivity index (χ2v) is 4.01. The van der Waals surface area contributed by atoms with E-state index in [-0.39, 0.29) is 0 Å². The summed E-state index contributed by atoms with van der Waals surface area (Å²) in [4.78, 5) is 11.4. The molecule has 0 radical (unpaired) electrons. The quantitative estimate of drug-likeness (QED) is 0.267. The first-order valence-corrected chi connectivity index (χ1v) is 5.32. The Morgan fingerprint density at radius 1 is 1.73 bits per heavy atom. The highest BCUT2D eigenvalue weighted by Gasteiger charge is 2.28. The van der Waals surface area contributed by atoms with E-state index >= 15 is 0 Å². The molecular formula is C10H18O4S. The molecule has 15 heavy (non-hydrogen) atoms. The molecule has 0 amide bonds. The molecule has 0 aliphatic heterocycles. The fraction of sp³-hybridized carbons (Fsp3) is 0.700. The number of ether oxygens (including phenoxy) is 1. The minimum atomic E-state index is -2.11. The van der Waals surface area contributed by atoms with Crippen molar-refractivity contribution in [3.63, 3.8) is 0 Å². The van der Waals surface area contributed by atoms with Gasteiger partial charge in [0.05, 0.1) is 5.92 Å². The van der Waals surface area contributed by atoms with Crippen LogP contribution in [0.1, 0.15) is 26.2 Å². The average Bonchev–Trinajstić information content (AvgIpc) is 2.18. The largest absolute Gasteiger partial charge is 0.420 e. The lowest BCUT2D eigenvalue weighted by Crippen LogP contribution is -2.34. The Morgan fingerprint density at radius 2 is 2.33 bits per heavy atom. The number of carbonyl (C=O) groups is 1. The van der Waals surface area contributed by atoms with Crippen LogP contribution in [0.2, 0.25) is 0 Å². The van der Waals surface area contributed by atoms with Crippen molar-refractivity contribution >= 4 is 18.6 Å². The van der Waals surface area contributed by atoms with E-state index in [1.54, 1.807) is 0 Å². The van der Waals surface area contributed by atoms with E-state index in [0.29, 0.717) is 6.42 Å². The van der Waals surface area contributed by atoms with Gasteiger partial charge in [0, 0.05) is 0 Å². The van der Waals surface area contributed by atoms with Gasteiger partial charge in [0.15, 0.2) is 0 Å². The molecule has 5 heteroatoms. The van der Waals surface area contributed by atoms with Crippen molar-refractivity contribution in [2.45, 2.75) is 31.3 Å². The molecule has 0 aliphatic carbocycles. The van der Waals surface area contributed by atoms with Crippen LogP contribution in [0.3, 0.4) is 0 Å². The van der Waals surface area contributed by atoms with Gasteiger partial charge < -0.3 is 14.9 Å². The molecule has 0 spiro atoms. The van der Waals surface area contributed by atoms with Gasteiger partial charge in [-0.05, 0) is 6.42 Å². The van der Waals surface area contributed by atoms with Crippen molar-refractivity contribution in [2.75, 3.05) is 6.61 Å². The standard InChI is InChI=1S/C10H18O4S/c1-3-5-6-8(4-2)9(12)14-10(13,15)7-11/h4,8,11,13,15H,2-3,5-7H2,1H3. The zero-order chi connectivity index (χ0) is 11.9. The minimum absolute atomic E-state index is 0.463. The highest BCUT2D eigenvalue weighted by atomic mass is 32.1. The molecule has 2 unspecified atom stereocenters. The van der Waals surface area contributed by atoms with Crippen LogP contribution in [0, 0.1) is 5.92 Å². The second kappa shape index (κ2) is 6.87. The van der Waals surface area contributed by atoms with Crippen LogP contribution in [-0.2, 0) is 9.53 Å². The molecule has 0 rings (SSSR count). The first-order valence-electron chi connectivity index (χ1n) is 4.87. The topological polar surface area (TPSA) is 66.8 Å². The number of aliphatic hydroxyl groups excluding tert-OH is 1. The van der Waals surface area contributed by atoms with E-state index in [1.807, 2.05) is 6.92 Å². The van der Waals surface area contributed by atoms with Crippen molar-refractivity contribution in [1.29, 1.82) is 0 Å². The number of carbonyl (C=O) groups excluding carboxylic acids is 1. The van der Waals surface area contributed by atoms with Crippen molar-refractivity contribution in [3.8, 4) is 0 Å². The van der Waals surface area contributed by atoms with Crippen LogP contribution < -0.4 is 0 Å². The zero-order valence-electron chi connectivity index (χ0n) is 8.85. The minimum Gasteiger partial charge on any atom is -0.420 e. The molecule has 0 aromatic rings. The van der Waals surface area contributed by atoms with E-state index in [0.717, 1.165) is 12.8 Å². The fourth-order valence-corrected chi connectivity index (χ4v) is 1.12. The Balaban J connectivity index is 4.21. The molecule has 0 heterocycles. The van der Waals surface area contributed by atoms with Crippen molar-refractivity contribution in [3.05, 3.63) is 12.7 Å². The van der Waals surface area contributed by atoms with Crippen LogP contribution >= 0.6 is 12.6 Å². The first kappa shape index (κ1) is 14.5. The van der Waals surface area contributed by atoms with Gasteiger partial charge in [-0.15, -0.1) is 6.58 Å². The van der Waals surface area contributed by atoms with Crippen LogP contribution in [0.15, 0.2) is 12.7 Å². The number of hydrogen-bond acceptors (Lipinski definition) is 5. The molecule has 0 aromatic carbocycles. The molecule has 4 nitrogen and oxygen atoms in total. The predicted molar refractivity (Wildman–Crippen MR) is 60.3 cm³/mol. The third kappa shape index (κ3) is 5.81. The molecule has 2 N–H and O–H groups in total. The fourth-order valence-electron chi connectivity index (χ4n) is 1.03. The van der Waals surface area contributed by atoms with Crippen LogP contribution in [0.4, 0.5) is 0 Å². The number of hydrogen-bond donors (Lipinski definition) is 3. The Labute approximate surface area is 95.4 Å². The van der Waals surface area contributed by atoms with Crippen molar-refractivity contribution in [1.82, 2.24) is 0 Å². The third-order valence-electron chi connectivity index (χ3n) is 1.93. The molecule has 0 saturated heterocycles. The highest BCUT2D eigenvalue weighted by Crippen LogP contribution is 2.18. The molecular weight excluding hydrogens is 216 g/mol. The lowest BCUT2D eigenvalue weighted by atomic mass is 10.0. The van der Waals surface area contributed by atoms with E-state index in [2.05, 4.69) is 23.9 Å². The van der Waals surface area contributed by atoms with Gasteiger partial charge in [0.2, 0.25) is 0 Å². The van der Waals surface area contributed by atoms with E-state index in [9.17, 15) is 9.90 Å². The maximum absolute atomic E-state index is 11.4. The third-order valence-corrected chi connectivity index (χ3v) is 2.16. The Bertz CT molecular complexity index is 215. The van der Waals surface area contributed by atoms with Crippen LogP contribution in [-0.4, -0.2) is 27.9 Å². The number of thiol groups is 1. The van der Waals surface area contributed by atoms with Gasteiger partial charge in [-0.1, -0.05) is 38.5 Å². The predicted octanol–water partition coefficient (Wildman–Crippen LogP) is 1.09. The maximum Gasteiger partial charge on any atom is 0.316 e. The van der Waals surface area contributed by atoms with Gasteiger partial charge in [-0.25, -0.2) is 0 Å². The summed E-state index contributed by atoms with van der Waals surface area (Å²) in [5, 5.41) is 15.7. The average molecular weight is 234 g/mol. The normalized spacial score (nSPS) is 16.5. The summed E-state index contributed by atoms with van der Waals surface area (Å²) in [6.07, 6.45) is 3.92. The van der Waals surface area contributed by atoms with Gasteiger partial charge >= 0.3 is 5.97 Å². The summed E-state index contributed by atoms with van der Waals surface area (Å²) in [7, 11) is 0. The lowest BCUT2D eigenvalue weighted by molar-refractivity contribution is -0.187. The summed E-state index contributed by atoms with van der Waals surface area (Å²) in [5.74, 6) is -1.08. The molecule has 0 saturated carbocycles. The van der Waals surface area contributed by atoms with Crippen molar-refractivity contribution < 1.29 is 19.7 Å². The number of esters is 1. The SMILES string of the molecule is C=CC(CCCC)C(=O)OC(O)(S)CO. The maximum atomic E-state index is 11.4. The molecule has 0 bridgehead atoms. The van der Waals surface area contributed by atoms with Crippen LogP contribution in [0.5, 0.6) is 0 Å². The molecule has 0 fully saturated rings. The van der Waals surface area contributed by atoms with E-state index < -0.39 is 23.6 Å². The number of unbranched alkanes of at least 4 members (excludes halogenated alkanes) is 1. The molecule has 88 valence electrons. The van der Waals surface area contributed by atoms with E-state index in [4.69, 9.17) is 5.11 Å². The van der Waals surface area contributed by atoms with Gasteiger partial charge in [-0.3, -0.25) is 4.79 Å². The van der Waals surface area contributed by atoms with Crippen LogP contribution in [0.25, 0.3) is 0 Å². The van der Waals surface area contributed by atoms with E-state index in [1.165, 1.54) is 6.08 Å². The zero-order valence-corrected chi connectivity index (χ0v) is 9.74. The molecule has 2 atom stereocenters. The number of rotatable bonds is 7. The molecule has 0 aromatic heterocycles. The Morgan fingerprint density at radius 3 is 2.73 bits per heavy atom. The van der Waals surface area contributed by atoms with Gasteiger partial charge in [0.1, 0.15) is 6.61 Å². The van der Waals surface area contributed by atoms with Crippen molar-refractivity contribution in [2.24, 2.45) is 5.92 Å². The number of aliphatic hydroxyl groups is 2. The smallest absolute Gasteiger partial charge is 0.316 e. The monoisotopic (exact) mass is 234 g/mol. The highest BCUT2D eigenvalue weighted by molar-refractivity contribution is 7.81. The van der Waals surface area contributed by atoms with Gasteiger partial charge in [-0.2, -0.15) is 0 Å². The van der Waals surface area contributed by atoms with Gasteiger partial charge in [0.25, 0.3) is 5.12 Å².